The summed E-state index contributed by atoms with van der Waals surface area (Å²) in [5.74, 6) is 0. The fraction of sp³-hybridized carbons (Fsp3) is 0.667. The SMILES string of the molecule is CC1(C)CC2CC(C)(CN2S(=O)(=O)c2cncc(Br)c2)C1. The van der Waals surface area contributed by atoms with Crippen LogP contribution in [0.25, 0.3) is 0 Å². The van der Waals surface area contributed by atoms with Crippen LogP contribution in [0.3, 0.4) is 0 Å². The fourth-order valence-electron chi connectivity index (χ4n) is 4.36. The molecule has 6 heteroatoms. The first-order valence-electron chi connectivity index (χ1n) is 7.24. The van der Waals surface area contributed by atoms with E-state index in [4.69, 9.17) is 0 Å². The summed E-state index contributed by atoms with van der Waals surface area (Å²) in [6.45, 7) is 7.33. The number of rotatable bonds is 2. The van der Waals surface area contributed by atoms with Crippen LogP contribution in [0.1, 0.15) is 40.0 Å². The number of halogens is 1. The van der Waals surface area contributed by atoms with E-state index in [2.05, 4.69) is 41.7 Å². The average Bonchev–Trinajstić information content (AvgIpc) is 2.59. The maximum atomic E-state index is 12.9. The van der Waals surface area contributed by atoms with Gasteiger partial charge in [0.25, 0.3) is 0 Å². The summed E-state index contributed by atoms with van der Waals surface area (Å²) < 4.78 is 28.3. The molecule has 3 rings (SSSR count). The highest BCUT2D eigenvalue weighted by Gasteiger charge is 2.53. The van der Waals surface area contributed by atoms with Crippen LogP contribution in [-0.2, 0) is 10.0 Å². The molecule has 1 saturated carbocycles. The van der Waals surface area contributed by atoms with Gasteiger partial charge < -0.3 is 0 Å². The van der Waals surface area contributed by atoms with Crippen molar-refractivity contribution in [1.82, 2.24) is 9.29 Å². The summed E-state index contributed by atoms with van der Waals surface area (Å²) in [6, 6.07) is 1.75. The number of hydrogen-bond acceptors (Lipinski definition) is 3. The minimum atomic E-state index is -3.46. The lowest BCUT2D eigenvalue weighted by Gasteiger charge is -2.39. The second kappa shape index (κ2) is 4.77. The Labute approximate surface area is 135 Å². The summed E-state index contributed by atoms with van der Waals surface area (Å²) in [6.07, 6.45) is 6.03. The fourth-order valence-corrected chi connectivity index (χ4v) is 6.64. The van der Waals surface area contributed by atoms with Gasteiger partial charge in [-0.1, -0.05) is 20.8 Å². The van der Waals surface area contributed by atoms with Gasteiger partial charge in [-0.15, -0.1) is 0 Å². The second-order valence-electron chi connectivity index (χ2n) is 7.60. The topological polar surface area (TPSA) is 50.3 Å². The van der Waals surface area contributed by atoms with Crippen molar-refractivity contribution >= 4 is 26.0 Å². The van der Waals surface area contributed by atoms with Gasteiger partial charge in [0.1, 0.15) is 4.90 Å². The summed E-state index contributed by atoms with van der Waals surface area (Å²) in [4.78, 5) is 4.28. The quantitative estimate of drug-likeness (QED) is 0.798. The molecule has 2 bridgehead atoms. The summed E-state index contributed by atoms with van der Waals surface area (Å²) in [7, 11) is -3.46. The molecule has 2 fully saturated rings. The van der Waals surface area contributed by atoms with Crippen molar-refractivity contribution < 1.29 is 8.42 Å². The first-order valence-corrected chi connectivity index (χ1v) is 9.47. The number of sulfonamides is 1. The molecule has 2 aliphatic rings. The van der Waals surface area contributed by atoms with Crippen LogP contribution < -0.4 is 0 Å². The van der Waals surface area contributed by atoms with E-state index in [0.717, 1.165) is 19.3 Å². The van der Waals surface area contributed by atoms with Gasteiger partial charge in [-0.25, -0.2) is 8.42 Å². The molecule has 0 radical (unpaired) electrons. The van der Waals surface area contributed by atoms with Gasteiger partial charge in [-0.2, -0.15) is 4.31 Å². The highest BCUT2D eigenvalue weighted by molar-refractivity contribution is 9.10. The Morgan fingerprint density at radius 3 is 2.67 bits per heavy atom. The molecule has 1 aromatic rings. The van der Waals surface area contributed by atoms with E-state index >= 15 is 0 Å². The molecule has 1 saturated heterocycles. The van der Waals surface area contributed by atoms with Crippen molar-refractivity contribution in [2.75, 3.05) is 6.54 Å². The zero-order valence-electron chi connectivity index (χ0n) is 12.6. The van der Waals surface area contributed by atoms with Gasteiger partial charge >= 0.3 is 0 Å². The zero-order chi connectivity index (χ0) is 15.5. The summed E-state index contributed by atoms with van der Waals surface area (Å²) in [5.41, 5.74) is 0.302. The van der Waals surface area contributed by atoms with Crippen molar-refractivity contribution in [1.29, 1.82) is 0 Å². The predicted octanol–water partition coefficient (Wildman–Crippen LogP) is 3.43. The van der Waals surface area contributed by atoms with Gasteiger partial charge in [0, 0.05) is 29.5 Å². The summed E-state index contributed by atoms with van der Waals surface area (Å²) >= 11 is 3.30. The van der Waals surface area contributed by atoms with Crippen molar-refractivity contribution in [2.24, 2.45) is 10.8 Å². The van der Waals surface area contributed by atoms with E-state index < -0.39 is 10.0 Å². The maximum Gasteiger partial charge on any atom is 0.244 e. The molecule has 0 N–H and O–H groups in total. The number of fused-ring (bicyclic) bond motifs is 2. The van der Waals surface area contributed by atoms with Crippen LogP contribution in [-0.4, -0.2) is 30.3 Å². The molecular formula is C15H21BrN2O2S. The highest BCUT2D eigenvalue weighted by Crippen LogP contribution is 2.53. The maximum absolute atomic E-state index is 12.9. The molecular weight excluding hydrogens is 352 g/mol. The lowest BCUT2D eigenvalue weighted by Crippen LogP contribution is -2.37. The van der Waals surface area contributed by atoms with Crippen molar-refractivity contribution in [3.05, 3.63) is 22.9 Å². The van der Waals surface area contributed by atoms with E-state index in [1.807, 2.05) is 0 Å². The standard InChI is InChI=1S/C15H21BrN2O2S/c1-14(2)5-12-6-15(3,9-14)10-18(12)21(19,20)13-4-11(16)7-17-8-13/h4,7-8,12H,5-6,9-10H2,1-3H3. The molecule has 4 nitrogen and oxygen atoms in total. The van der Waals surface area contributed by atoms with Gasteiger partial charge in [0.05, 0.1) is 0 Å². The molecule has 2 unspecified atom stereocenters. The third-order valence-corrected chi connectivity index (χ3v) is 6.95. The molecule has 2 atom stereocenters. The normalized spacial score (nSPS) is 32.3. The number of pyridine rings is 1. The van der Waals surface area contributed by atoms with Crippen molar-refractivity contribution in [3.8, 4) is 0 Å². The van der Waals surface area contributed by atoms with Crippen LogP contribution in [0, 0.1) is 10.8 Å². The van der Waals surface area contributed by atoms with E-state index in [9.17, 15) is 8.42 Å². The van der Waals surface area contributed by atoms with Crippen LogP contribution in [0.15, 0.2) is 27.8 Å². The van der Waals surface area contributed by atoms with Crippen LogP contribution >= 0.6 is 15.9 Å². The third kappa shape index (κ3) is 2.78. The van der Waals surface area contributed by atoms with Gasteiger partial charge in [-0.05, 0) is 52.1 Å². The largest absolute Gasteiger partial charge is 0.262 e. The molecule has 1 aliphatic carbocycles. The highest BCUT2D eigenvalue weighted by atomic mass is 79.9. The lowest BCUT2D eigenvalue weighted by molar-refractivity contribution is 0.133. The van der Waals surface area contributed by atoms with Gasteiger partial charge in [0.2, 0.25) is 10.0 Å². The molecule has 21 heavy (non-hydrogen) atoms. The smallest absolute Gasteiger partial charge is 0.244 e. The van der Waals surface area contributed by atoms with E-state index in [1.54, 1.807) is 16.6 Å². The summed E-state index contributed by atoms with van der Waals surface area (Å²) in [5, 5.41) is 0. The molecule has 0 amide bonds. The van der Waals surface area contributed by atoms with E-state index in [-0.39, 0.29) is 21.8 Å². The Kier molecular flexibility index (Phi) is 3.50. The Hall–Kier alpha value is -0.460. The van der Waals surface area contributed by atoms with Gasteiger partial charge in [0.15, 0.2) is 0 Å². The third-order valence-electron chi connectivity index (χ3n) is 4.65. The number of aromatic nitrogens is 1. The number of nitrogens with zero attached hydrogens (tertiary/aromatic N) is 2. The van der Waals surface area contributed by atoms with Crippen LogP contribution in [0.5, 0.6) is 0 Å². The first kappa shape index (κ1) is 15.4. The molecule has 2 heterocycles. The van der Waals surface area contributed by atoms with E-state index in [1.165, 1.54) is 6.20 Å². The Bertz CT molecular complexity index is 674. The van der Waals surface area contributed by atoms with Crippen molar-refractivity contribution in [2.45, 2.75) is 51.0 Å². The zero-order valence-corrected chi connectivity index (χ0v) is 15.0. The minimum Gasteiger partial charge on any atom is -0.262 e. The molecule has 0 aromatic carbocycles. The van der Waals surface area contributed by atoms with Crippen molar-refractivity contribution in [3.63, 3.8) is 0 Å². The Morgan fingerprint density at radius 1 is 1.29 bits per heavy atom. The van der Waals surface area contributed by atoms with E-state index in [0.29, 0.717) is 11.0 Å². The lowest BCUT2D eigenvalue weighted by atomic mass is 9.65. The monoisotopic (exact) mass is 372 g/mol. The van der Waals surface area contributed by atoms with Crippen LogP contribution in [0.4, 0.5) is 0 Å². The Morgan fingerprint density at radius 2 is 2.00 bits per heavy atom. The van der Waals surface area contributed by atoms with Gasteiger partial charge in [-0.3, -0.25) is 4.98 Å². The second-order valence-corrected chi connectivity index (χ2v) is 10.4. The first-order chi connectivity index (χ1) is 9.61. The molecule has 116 valence electrons. The molecule has 1 aliphatic heterocycles. The number of hydrogen-bond donors (Lipinski definition) is 0. The Balaban J connectivity index is 1.98. The average molecular weight is 373 g/mol. The molecule has 0 spiro atoms. The predicted molar refractivity (Wildman–Crippen MR) is 85.4 cm³/mol. The minimum absolute atomic E-state index is 0.0962. The molecule has 1 aromatic heterocycles. The van der Waals surface area contributed by atoms with Crippen LogP contribution in [0.2, 0.25) is 0 Å².